The fraction of sp³-hybridized carbons (Fsp3) is 0.400. The van der Waals surface area contributed by atoms with Crippen LogP contribution < -0.4 is 0 Å². The Bertz CT molecular complexity index is 343. The number of hydrogen-bond donors (Lipinski definition) is 0. The third-order valence-corrected chi connectivity index (χ3v) is 2.45. The van der Waals surface area contributed by atoms with E-state index in [2.05, 4.69) is 4.98 Å². The average molecular weight is 195 g/mol. The highest BCUT2D eigenvalue weighted by molar-refractivity contribution is 7.85. The topological polar surface area (TPSA) is 47.0 Å². The summed E-state index contributed by atoms with van der Waals surface area (Å²) in [7, 11) is -4.42. The summed E-state index contributed by atoms with van der Waals surface area (Å²) in [4.78, 5) is 3.80. The van der Waals surface area contributed by atoms with Gasteiger partial charge >= 0.3 is 10.2 Å². The first-order valence-corrected chi connectivity index (χ1v) is 5.24. The smallest absolute Gasteiger partial charge is 0.245 e. The van der Waals surface area contributed by atoms with E-state index in [9.17, 15) is 12.3 Å². The molecule has 0 aliphatic rings. The molecule has 0 saturated heterocycles. The minimum Gasteiger partial charge on any atom is -0.245 e. The van der Waals surface area contributed by atoms with E-state index in [4.69, 9.17) is 0 Å². The molecular formula is C5H6FNO2S2. The molecule has 62 valence electrons. The van der Waals surface area contributed by atoms with Gasteiger partial charge in [-0.3, -0.25) is 0 Å². The Hall–Kier alpha value is -0.490. The summed E-state index contributed by atoms with van der Waals surface area (Å²) in [5, 5.41) is 2.27. The molecule has 1 heterocycles. The third-order valence-electron chi connectivity index (χ3n) is 0.987. The molecule has 0 atom stereocenters. The number of hydrogen-bond acceptors (Lipinski definition) is 4. The molecule has 0 N–H and O–H groups in total. The summed E-state index contributed by atoms with van der Waals surface area (Å²) < 4.78 is 32.2. The van der Waals surface area contributed by atoms with Gasteiger partial charge in [0.2, 0.25) is 0 Å². The normalized spacial score (nSPS) is 11.8. The van der Waals surface area contributed by atoms with Gasteiger partial charge in [-0.1, -0.05) is 0 Å². The minimum atomic E-state index is -4.42. The molecular weight excluding hydrogens is 189 g/mol. The summed E-state index contributed by atoms with van der Waals surface area (Å²) in [6.45, 7) is 1.74. The molecule has 3 nitrogen and oxygen atoms in total. The molecule has 6 heteroatoms. The van der Waals surface area contributed by atoms with Crippen molar-refractivity contribution in [2.75, 3.05) is 0 Å². The predicted molar refractivity (Wildman–Crippen MR) is 40.6 cm³/mol. The van der Waals surface area contributed by atoms with E-state index < -0.39 is 16.0 Å². The van der Waals surface area contributed by atoms with Crippen molar-refractivity contribution in [3.05, 3.63) is 16.1 Å². The van der Waals surface area contributed by atoms with Gasteiger partial charge in [0.15, 0.2) is 0 Å². The van der Waals surface area contributed by atoms with Crippen LogP contribution in [0.25, 0.3) is 0 Å². The maximum atomic E-state index is 12.0. The first-order valence-electron chi connectivity index (χ1n) is 2.81. The predicted octanol–water partition coefficient (Wildman–Crippen LogP) is 1.25. The summed E-state index contributed by atoms with van der Waals surface area (Å²) in [6.07, 6.45) is 0. The standard InChI is InChI=1S/C5H6FNO2S2/c1-4-7-5(2-10-4)3-11(6,8)9/h2H,3H2,1H3. The van der Waals surface area contributed by atoms with Gasteiger partial charge in [0.05, 0.1) is 10.7 Å². The van der Waals surface area contributed by atoms with Gasteiger partial charge in [0.1, 0.15) is 5.75 Å². The van der Waals surface area contributed by atoms with Crippen LogP contribution in [0.1, 0.15) is 10.7 Å². The first-order chi connectivity index (χ1) is 4.97. The maximum Gasteiger partial charge on any atom is 0.308 e. The fourth-order valence-corrected chi connectivity index (χ4v) is 1.87. The third kappa shape index (κ3) is 2.94. The van der Waals surface area contributed by atoms with Crippen LogP contribution in [-0.4, -0.2) is 13.4 Å². The zero-order valence-electron chi connectivity index (χ0n) is 5.74. The molecule has 0 unspecified atom stereocenters. The lowest BCUT2D eigenvalue weighted by Crippen LogP contribution is -1.95. The van der Waals surface area contributed by atoms with Crippen molar-refractivity contribution in [3.63, 3.8) is 0 Å². The van der Waals surface area contributed by atoms with Crippen molar-refractivity contribution in [1.29, 1.82) is 0 Å². The molecule has 1 rings (SSSR count). The Labute approximate surface area is 68.1 Å². The Morgan fingerprint density at radius 3 is 2.73 bits per heavy atom. The summed E-state index contributed by atoms with van der Waals surface area (Å²) in [5.41, 5.74) is 0.273. The highest BCUT2D eigenvalue weighted by Gasteiger charge is 2.10. The van der Waals surface area contributed by atoms with Crippen LogP contribution in [0.4, 0.5) is 3.89 Å². The van der Waals surface area contributed by atoms with E-state index in [-0.39, 0.29) is 5.69 Å². The van der Waals surface area contributed by atoms with Crippen molar-refractivity contribution in [2.24, 2.45) is 0 Å². The van der Waals surface area contributed by atoms with Crippen molar-refractivity contribution < 1.29 is 12.3 Å². The lowest BCUT2D eigenvalue weighted by molar-refractivity contribution is 0.550. The van der Waals surface area contributed by atoms with Crippen LogP contribution in [0.2, 0.25) is 0 Å². The zero-order valence-corrected chi connectivity index (χ0v) is 7.38. The van der Waals surface area contributed by atoms with Crippen LogP contribution in [0.3, 0.4) is 0 Å². The van der Waals surface area contributed by atoms with E-state index in [1.165, 1.54) is 16.7 Å². The SMILES string of the molecule is Cc1nc(CS(=O)(=O)F)cs1. The summed E-state index contributed by atoms with van der Waals surface area (Å²) >= 11 is 1.30. The average Bonchev–Trinajstić information content (AvgIpc) is 2.10. The first kappa shape index (κ1) is 8.61. The molecule has 0 fully saturated rings. The monoisotopic (exact) mass is 195 g/mol. The van der Waals surface area contributed by atoms with Crippen molar-refractivity contribution >= 4 is 21.6 Å². The van der Waals surface area contributed by atoms with E-state index in [0.29, 0.717) is 0 Å². The summed E-state index contributed by atoms with van der Waals surface area (Å²) in [5.74, 6) is -0.614. The second-order valence-electron chi connectivity index (χ2n) is 2.04. The van der Waals surface area contributed by atoms with Crippen LogP contribution in [0.5, 0.6) is 0 Å². The highest BCUT2D eigenvalue weighted by Crippen LogP contribution is 2.11. The van der Waals surface area contributed by atoms with Crippen LogP contribution in [0, 0.1) is 6.92 Å². The molecule has 0 amide bonds. The van der Waals surface area contributed by atoms with Crippen LogP contribution in [-0.2, 0) is 16.0 Å². The minimum absolute atomic E-state index is 0.273. The molecule has 1 aromatic rings. The van der Waals surface area contributed by atoms with Gasteiger partial charge in [0, 0.05) is 5.38 Å². The van der Waals surface area contributed by atoms with Crippen molar-refractivity contribution in [3.8, 4) is 0 Å². The van der Waals surface area contributed by atoms with Gasteiger partial charge in [-0.2, -0.15) is 8.42 Å². The Kier molecular flexibility index (Phi) is 2.24. The van der Waals surface area contributed by atoms with Gasteiger partial charge in [-0.15, -0.1) is 15.2 Å². The zero-order chi connectivity index (χ0) is 8.48. The second-order valence-corrected chi connectivity index (χ2v) is 4.47. The molecule has 0 spiro atoms. The Balaban J connectivity index is 2.81. The maximum absolute atomic E-state index is 12.0. The fourth-order valence-electron chi connectivity index (χ4n) is 0.651. The molecule has 0 aliphatic heterocycles. The van der Waals surface area contributed by atoms with Gasteiger partial charge < -0.3 is 0 Å². The highest BCUT2D eigenvalue weighted by atomic mass is 32.3. The molecule has 0 aliphatic carbocycles. The number of aryl methyl sites for hydroxylation is 1. The molecule has 0 radical (unpaired) electrons. The van der Waals surface area contributed by atoms with Gasteiger partial charge in [-0.05, 0) is 6.92 Å². The lowest BCUT2D eigenvalue weighted by atomic mass is 10.6. The number of rotatable bonds is 2. The number of nitrogens with zero attached hydrogens (tertiary/aromatic N) is 1. The molecule has 1 aromatic heterocycles. The number of halogens is 1. The van der Waals surface area contributed by atoms with Crippen molar-refractivity contribution in [1.82, 2.24) is 4.98 Å². The van der Waals surface area contributed by atoms with Crippen LogP contribution >= 0.6 is 11.3 Å². The van der Waals surface area contributed by atoms with Gasteiger partial charge in [0.25, 0.3) is 0 Å². The second kappa shape index (κ2) is 2.86. The number of aromatic nitrogens is 1. The van der Waals surface area contributed by atoms with E-state index >= 15 is 0 Å². The Morgan fingerprint density at radius 1 is 1.73 bits per heavy atom. The lowest BCUT2D eigenvalue weighted by Gasteiger charge is -1.87. The Morgan fingerprint density at radius 2 is 2.36 bits per heavy atom. The van der Waals surface area contributed by atoms with Crippen molar-refractivity contribution in [2.45, 2.75) is 12.7 Å². The number of thiazole rings is 1. The molecule has 0 aromatic carbocycles. The molecule has 0 bridgehead atoms. The molecule has 11 heavy (non-hydrogen) atoms. The quantitative estimate of drug-likeness (QED) is 0.667. The van der Waals surface area contributed by atoms with E-state index in [1.807, 2.05) is 0 Å². The summed E-state index contributed by atoms with van der Waals surface area (Å²) in [6, 6.07) is 0. The molecule has 0 saturated carbocycles. The van der Waals surface area contributed by atoms with E-state index in [1.54, 1.807) is 6.92 Å². The van der Waals surface area contributed by atoms with Crippen LogP contribution in [0.15, 0.2) is 5.38 Å². The van der Waals surface area contributed by atoms with E-state index in [0.717, 1.165) is 5.01 Å². The largest absolute Gasteiger partial charge is 0.308 e. The van der Waals surface area contributed by atoms with Gasteiger partial charge in [-0.25, -0.2) is 4.98 Å².